The molecule has 1 aliphatic carbocycles. The van der Waals surface area contributed by atoms with Crippen molar-refractivity contribution in [1.82, 2.24) is 0 Å². The van der Waals surface area contributed by atoms with Gasteiger partial charge in [0.1, 0.15) is 6.61 Å². The zero-order valence-electron chi connectivity index (χ0n) is 27.2. The lowest BCUT2D eigenvalue weighted by Gasteiger charge is -2.38. The number of esters is 1. The van der Waals surface area contributed by atoms with Crippen LogP contribution in [0.25, 0.3) is 0 Å². The summed E-state index contributed by atoms with van der Waals surface area (Å²) >= 11 is 6.90. The molecule has 1 heterocycles. The van der Waals surface area contributed by atoms with E-state index in [9.17, 15) is 9.90 Å². The highest BCUT2D eigenvalue weighted by Crippen LogP contribution is 2.42. The number of rotatable bonds is 18. The van der Waals surface area contributed by atoms with E-state index in [1.165, 1.54) is 0 Å². The molecule has 2 fully saturated rings. The van der Waals surface area contributed by atoms with Crippen molar-refractivity contribution < 1.29 is 28.5 Å². The molecule has 1 unspecified atom stereocenters. The van der Waals surface area contributed by atoms with E-state index >= 15 is 0 Å². The molecule has 242 valence electrons. The molecule has 2 aliphatic rings. The topological polar surface area (TPSA) is 74.2 Å². The normalized spacial score (nSPS) is 27.0. The van der Waals surface area contributed by atoms with Gasteiger partial charge < -0.3 is 23.7 Å². The second-order valence-electron chi connectivity index (χ2n) is 13.6. The number of alkyl halides is 1. The third kappa shape index (κ3) is 13.4. The standard InChI is InChI=1S/C34H59ClO6Si/c1-8-23-38-32(37)19-12-10-9-11-18-28-29(31(25-30(28)35)40-33-20-13-14-24-39-33)22-21-27(36)17-15-16-26(2)41-42(6,7)34(3,4)5/h8-9,11,21-22,26-31,33,36H,1,10,12-20,23-25H2,2-7H3/b11-9-,22-21+/t26-,27+,28-,29-,30-,31-,33?/m1/s1. The first-order valence-corrected chi connectivity index (χ1v) is 19.6. The molecule has 0 amide bonds. The highest BCUT2D eigenvalue weighted by atomic mass is 35.5. The van der Waals surface area contributed by atoms with Crippen LogP contribution in [0.15, 0.2) is 37.0 Å². The summed E-state index contributed by atoms with van der Waals surface area (Å²) in [6.07, 6.45) is 18.7. The van der Waals surface area contributed by atoms with Crippen molar-refractivity contribution in [2.45, 2.75) is 146 Å². The number of hydrogen-bond acceptors (Lipinski definition) is 6. The van der Waals surface area contributed by atoms with E-state index in [0.29, 0.717) is 12.8 Å². The van der Waals surface area contributed by atoms with Gasteiger partial charge in [0.05, 0.1) is 12.2 Å². The van der Waals surface area contributed by atoms with Crippen molar-refractivity contribution in [1.29, 1.82) is 0 Å². The fraction of sp³-hybridized carbons (Fsp3) is 0.794. The molecule has 0 bridgehead atoms. The predicted octanol–water partition coefficient (Wildman–Crippen LogP) is 8.49. The number of carbonyl (C=O) groups excluding carboxylic acids is 1. The van der Waals surface area contributed by atoms with Gasteiger partial charge in [-0.05, 0) is 95.2 Å². The molecule has 1 aliphatic heterocycles. The number of hydrogen-bond donors (Lipinski definition) is 1. The Bertz CT molecular complexity index is 847. The monoisotopic (exact) mass is 626 g/mol. The molecule has 1 saturated carbocycles. The van der Waals surface area contributed by atoms with Crippen LogP contribution in [0.1, 0.15) is 98.3 Å². The molecule has 0 spiro atoms. The Kier molecular flexibility index (Phi) is 16.6. The quantitative estimate of drug-likeness (QED) is 0.0541. The van der Waals surface area contributed by atoms with Crippen molar-refractivity contribution in [3.8, 4) is 0 Å². The summed E-state index contributed by atoms with van der Waals surface area (Å²) in [4.78, 5) is 11.7. The van der Waals surface area contributed by atoms with Crippen LogP contribution in [-0.4, -0.2) is 62.6 Å². The highest BCUT2D eigenvalue weighted by Gasteiger charge is 2.42. The van der Waals surface area contributed by atoms with Crippen molar-refractivity contribution in [2.75, 3.05) is 13.2 Å². The van der Waals surface area contributed by atoms with Gasteiger partial charge in [-0.3, -0.25) is 4.79 Å². The van der Waals surface area contributed by atoms with E-state index in [4.69, 9.17) is 30.2 Å². The number of ether oxygens (including phenoxy) is 3. The molecule has 1 N–H and O–H groups in total. The first-order valence-electron chi connectivity index (χ1n) is 16.2. The van der Waals surface area contributed by atoms with Gasteiger partial charge in [-0.25, -0.2) is 0 Å². The second-order valence-corrected chi connectivity index (χ2v) is 18.9. The van der Waals surface area contributed by atoms with E-state index < -0.39 is 14.4 Å². The number of aliphatic hydroxyl groups excluding tert-OH is 1. The Morgan fingerprint density at radius 2 is 1.95 bits per heavy atom. The number of aliphatic hydroxyl groups is 1. The van der Waals surface area contributed by atoms with E-state index in [1.54, 1.807) is 6.08 Å². The van der Waals surface area contributed by atoms with Gasteiger partial charge in [-0.1, -0.05) is 57.7 Å². The zero-order chi connectivity index (χ0) is 31.2. The predicted molar refractivity (Wildman–Crippen MR) is 175 cm³/mol. The fourth-order valence-corrected chi connectivity index (χ4v) is 7.39. The summed E-state index contributed by atoms with van der Waals surface area (Å²) in [7, 11) is -1.79. The lowest BCUT2D eigenvalue weighted by atomic mass is 9.90. The largest absolute Gasteiger partial charge is 0.461 e. The minimum atomic E-state index is -1.79. The van der Waals surface area contributed by atoms with Crippen LogP contribution >= 0.6 is 11.6 Å². The maximum Gasteiger partial charge on any atom is 0.306 e. The molecule has 1 saturated heterocycles. The van der Waals surface area contributed by atoms with Gasteiger partial charge in [-0.15, -0.1) is 11.6 Å². The lowest BCUT2D eigenvalue weighted by molar-refractivity contribution is -0.192. The summed E-state index contributed by atoms with van der Waals surface area (Å²) in [6.45, 7) is 18.1. The molecule has 2 rings (SSSR count). The molecule has 0 radical (unpaired) electrons. The van der Waals surface area contributed by atoms with Gasteiger partial charge in [0.15, 0.2) is 14.6 Å². The smallest absolute Gasteiger partial charge is 0.306 e. The number of carbonyl (C=O) groups is 1. The summed E-state index contributed by atoms with van der Waals surface area (Å²) in [6, 6.07) is 0. The maximum absolute atomic E-state index is 11.7. The maximum atomic E-state index is 11.7. The Morgan fingerprint density at radius 3 is 2.62 bits per heavy atom. The van der Waals surface area contributed by atoms with Crippen molar-refractivity contribution in [3.05, 3.63) is 37.0 Å². The average Bonchev–Trinajstić information content (AvgIpc) is 3.21. The van der Waals surface area contributed by atoms with Crippen molar-refractivity contribution in [2.24, 2.45) is 11.8 Å². The van der Waals surface area contributed by atoms with Gasteiger partial charge in [0, 0.05) is 30.4 Å². The lowest BCUT2D eigenvalue weighted by Crippen LogP contribution is -2.43. The molecular formula is C34H59ClO6Si. The van der Waals surface area contributed by atoms with Crippen LogP contribution in [-0.2, 0) is 23.4 Å². The molecular weight excluding hydrogens is 568 g/mol. The van der Waals surface area contributed by atoms with E-state index in [-0.39, 0.29) is 53.3 Å². The fourth-order valence-electron chi connectivity index (χ4n) is 5.47. The Balaban J connectivity index is 1.92. The van der Waals surface area contributed by atoms with Crippen LogP contribution < -0.4 is 0 Å². The number of unbranched alkanes of at least 4 members (excludes halogenated alkanes) is 1. The van der Waals surface area contributed by atoms with Crippen LogP contribution in [0.2, 0.25) is 18.1 Å². The van der Waals surface area contributed by atoms with Crippen molar-refractivity contribution >= 4 is 25.9 Å². The second kappa shape index (κ2) is 18.8. The minimum Gasteiger partial charge on any atom is -0.461 e. The summed E-state index contributed by atoms with van der Waals surface area (Å²) in [5.41, 5.74) is 0. The molecule has 0 aromatic rings. The average molecular weight is 627 g/mol. The first-order chi connectivity index (χ1) is 19.8. The Labute approximate surface area is 262 Å². The van der Waals surface area contributed by atoms with Gasteiger partial charge in [0.25, 0.3) is 0 Å². The third-order valence-corrected chi connectivity index (χ3v) is 14.1. The molecule has 6 nitrogen and oxygen atoms in total. The summed E-state index contributed by atoms with van der Waals surface area (Å²) < 4.78 is 23.9. The minimum absolute atomic E-state index is 0.0164. The summed E-state index contributed by atoms with van der Waals surface area (Å²) in [5.74, 6) is 0.119. The van der Waals surface area contributed by atoms with Crippen LogP contribution in [0.4, 0.5) is 0 Å². The molecule has 0 aromatic heterocycles. The van der Waals surface area contributed by atoms with Crippen LogP contribution in [0.3, 0.4) is 0 Å². The Morgan fingerprint density at radius 1 is 1.19 bits per heavy atom. The third-order valence-electron chi connectivity index (χ3n) is 8.97. The van der Waals surface area contributed by atoms with Crippen LogP contribution in [0.5, 0.6) is 0 Å². The first kappa shape index (κ1) is 37.2. The van der Waals surface area contributed by atoms with E-state index in [0.717, 1.165) is 64.4 Å². The van der Waals surface area contributed by atoms with Gasteiger partial charge in [-0.2, -0.15) is 0 Å². The molecule has 0 aromatic carbocycles. The van der Waals surface area contributed by atoms with E-state index in [1.807, 2.05) is 6.08 Å². The molecule has 8 heteroatoms. The van der Waals surface area contributed by atoms with Gasteiger partial charge >= 0.3 is 5.97 Å². The Hall–Kier alpha value is -0.963. The molecule has 42 heavy (non-hydrogen) atoms. The zero-order valence-corrected chi connectivity index (χ0v) is 29.0. The van der Waals surface area contributed by atoms with Crippen LogP contribution in [0, 0.1) is 11.8 Å². The molecule has 7 atom stereocenters. The van der Waals surface area contributed by atoms with Gasteiger partial charge in [0.2, 0.25) is 0 Å². The highest BCUT2D eigenvalue weighted by molar-refractivity contribution is 6.74. The van der Waals surface area contributed by atoms with Crippen molar-refractivity contribution in [3.63, 3.8) is 0 Å². The number of halogens is 1. The summed E-state index contributed by atoms with van der Waals surface area (Å²) in [5, 5.41) is 11.0. The number of allylic oxidation sites excluding steroid dienone is 2. The SMILES string of the molecule is C=CCOC(=O)CCC/C=C\C[C@@H]1[C@@H](/C=C/[C@@H](O)CCC[C@@H](C)O[Si](C)(C)C(C)(C)C)[C@H](OC2CCCCO2)C[C@H]1Cl. The van der Waals surface area contributed by atoms with E-state index in [2.05, 4.69) is 65.6 Å².